The van der Waals surface area contributed by atoms with Crippen LogP contribution in [-0.2, 0) is 14.4 Å². The van der Waals surface area contributed by atoms with Crippen LogP contribution in [0.4, 0.5) is 0 Å². The number of carboxylic acids is 1. The Morgan fingerprint density at radius 3 is 1.62 bits per heavy atom. The van der Waals surface area contributed by atoms with Crippen molar-refractivity contribution in [2.24, 2.45) is 0 Å². The van der Waals surface area contributed by atoms with Crippen molar-refractivity contribution in [2.45, 2.75) is 96.9 Å². The van der Waals surface area contributed by atoms with Crippen LogP contribution in [0.3, 0.4) is 0 Å². The van der Waals surface area contributed by atoms with Gasteiger partial charge in [0, 0.05) is 19.4 Å². The van der Waals surface area contributed by atoms with E-state index in [-0.39, 0.29) is 18.2 Å². The van der Waals surface area contributed by atoms with Gasteiger partial charge in [0.05, 0.1) is 0 Å². The lowest BCUT2D eigenvalue weighted by Crippen LogP contribution is -2.40. The highest BCUT2D eigenvalue weighted by Crippen LogP contribution is 2.02. The third-order valence-electron chi connectivity index (χ3n) is 5.33. The Labute approximate surface area is 224 Å². The molecule has 0 bridgehead atoms. The first-order valence-corrected chi connectivity index (χ1v) is 13.7. The summed E-state index contributed by atoms with van der Waals surface area (Å²) in [6, 6.07) is -0.865. The fourth-order valence-corrected chi connectivity index (χ4v) is 3.20. The molecular formula is C31H48N2O4. The van der Waals surface area contributed by atoms with E-state index in [4.69, 9.17) is 5.11 Å². The van der Waals surface area contributed by atoms with Gasteiger partial charge in [0.1, 0.15) is 6.04 Å². The van der Waals surface area contributed by atoms with Crippen LogP contribution >= 0.6 is 0 Å². The first-order chi connectivity index (χ1) is 18.0. The van der Waals surface area contributed by atoms with Crippen LogP contribution in [0.5, 0.6) is 0 Å². The van der Waals surface area contributed by atoms with E-state index in [1.165, 1.54) is 0 Å². The highest BCUT2D eigenvalue weighted by molar-refractivity contribution is 5.83. The SMILES string of the molecule is CCC=CCC=CCC=CCC=CCC=CCC=CCCC(=O)NCCCCC(NC(=O)CC)C(=O)O. The number of carbonyl (C=O) groups is 3. The molecular weight excluding hydrogens is 464 g/mol. The molecule has 3 N–H and O–H groups in total. The Hall–Kier alpha value is -3.15. The zero-order valence-electron chi connectivity index (χ0n) is 22.9. The highest BCUT2D eigenvalue weighted by atomic mass is 16.4. The second-order valence-electron chi connectivity index (χ2n) is 8.61. The number of carboxylic acid groups (broad SMARTS) is 1. The number of unbranched alkanes of at least 4 members (excludes halogenated alkanes) is 1. The minimum absolute atomic E-state index is 0.00593. The molecule has 0 aromatic heterocycles. The molecule has 0 saturated carbocycles. The number of rotatable bonds is 22. The van der Waals surface area contributed by atoms with Crippen molar-refractivity contribution >= 4 is 17.8 Å². The van der Waals surface area contributed by atoms with Crippen molar-refractivity contribution < 1.29 is 19.5 Å². The molecule has 6 heteroatoms. The van der Waals surface area contributed by atoms with Gasteiger partial charge in [0.25, 0.3) is 0 Å². The fourth-order valence-electron chi connectivity index (χ4n) is 3.20. The van der Waals surface area contributed by atoms with Crippen molar-refractivity contribution in [3.05, 3.63) is 72.9 Å². The molecule has 1 unspecified atom stereocenters. The van der Waals surface area contributed by atoms with E-state index < -0.39 is 12.0 Å². The standard InChI is InChI=1S/C31H48N2O4/c1-3-5-6-7-8-9-10-11-12-13-14-15-16-17-18-19-20-21-22-26-30(35)32-27-24-23-25-28(31(36)37)33-29(34)4-2/h5-6,8-9,11-12,14-15,17-18,20-21,28H,3-4,7,10,13,16,19,22-27H2,1-2H3,(H,32,35)(H,33,34)(H,36,37). The van der Waals surface area contributed by atoms with Gasteiger partial charge in [-0.25, -0.2) is 4.79 Å². The summed E-state index contributed by atoms with van der Waals surface area (Å²) in [6.07, 6.45) is 34.7. The Balaban J connectivity index is 3.72. The van der Waals surface area contributed by atoms with Gasteiger partial charge >= 0.3 is 5.97 Å². The van der Waals surface area contributed by atoms with Crippen molar-refractivity contribution in [1.82, 2.24) is 10.6 Å². The summed E-state index contributed by atoms with van der Waals surface area (Å²) in [7, 11) is 0. The minimum atomic E-state index is -1.03. The predicted molar refractivity (Wildman–Crippen MR) is 154 cm³/mol. The minimum Gasteiger partial charge on any atom is -0.480 e. The monoisotopic (exact) mass is 512 g/mol. The Morgan fingerprint density at radius 2 is 1.16 bits per heavy atom. The first-order valence-electron chi connectivity index (χ1n) is 13.7. The molecule has 37 heavy (non-hydrogen) atoms. The van der Waals surface area contributed by atoms with Gasteiger partial charge in [0.15, 0.2) is 0 Å². The number of allylic oxidation sites excluding steroid dienone is 12. The molecule has 1 atom stereocenters. The molecule has 0 spiro atoms. The Bertz CT molecular complexity index is 791. The highest BCUT2D eigenvalue weighted by Gasteiger charge is 2.18. The smallest absolute Gasteiger partial charge is 0.326 e. The van der Waals surface area contributed by atoms with Crippen molar-refractivity contribution in [3.8, 4) is 0 Å². The van der Waals surface area contributed by atoms with Gasteiger partial charge in [-0.15, -0.1) is 0 Å². The third kappa shape index (κ3) is 24.3. The normalized spacial score (nSPS) is 13.1. The first kappa shape index (κ1) is 33.8. The molecule has 0 saturated heterocycles. The average Bonchev–Trinajstić information content (AvgIpc) is 2.88. The van der Waals surface area contributed by atoms with Crippen LogP contribution in [0.15, 0.2) is 72.9 Å². The Morgan fingerprint density at radius 1 is 0.676 bits per heavy atom. The summed E-state index contributed by atoms with van der Waals surface area (Å²) in [6.45, 7) is 4.34. The van der Waals surface area contributed by atoms with Crippen molar-refractivity contribution in [1.29, 1.82) is 0 Å². The lowest BCUT2D eigenvalue weighted by atomic mass is 10.1. The van der Waals surface area contributed by atoms with Gasteiger partial charge in [-0.05, 0) is 64.2 Å². The molecule has 206 valence electrons. The van der Waals surface area contributed by atoms with Crippen LogP contribution in [-0.4, -0.2) is 35.5 Å². The summed E-state index contributed by atoms with van der Waals surface area (Å²) >= 11 is 0. The maximum Gasteiger partial charge on any atom is 0.326 e. The summed E-state index contributed by atoms with van der Waals surface area (Å²) < 4.78 is 0. The number of carbonyl (C=O) groups excluding carboxylic acids is 2. The average molecular weight is 513 g/mol. The van der Waals surface area contributed by atoms with E-state index >= 15 is 0 Å². The number of hydrogen-bond donors (Lipinski definition) is 3. The number of nitrogens with one attached hydrogen (secondary N) is 2. The largest absolute Gasteiger partial charge is 0.480 e. The predicted octanol–water partition coefficient (Wildman–Crippen LogP) is 6.73. The van der Waals surface area contributed by atoms with Crippen LogP contribution in [0.2, 0.25) is 0 Å². The van der Waals surface area contributed by atoms with E-state index in [0.29, 0.717) is 38.6 Å². The summed E-state index contributed by atoms with van der Waals surface area (Å²) in [5.74, 6) is -1.30. The second kappa shape index (κ2) is 25.9. The van der Waals surface area contributed by atoms with Crippen LogP contribution in [0.25, 0.3) is 0 Å². The maximum atomic E-state index is 11.9. The molecule has 0 aromatic rings. The van der Waals surface area contributed by atoms with Gasteiger partial charge in [0.2, 0.25) is 11.8 Å². The van der Waals surface area contributed by atoms with Gasteiger partial charge < -0.3 is 15.7 Å². The number of hydrogen-bond acceptors (Lipinski definition) is 3. The zero-order chi connectivity index (χ0) is 27.4. The van der Waals surface area contributed by atoms with E-state index in [1.807, 2.05) is 6.08 Å². The third-order valence-corrected chi connectivity index (χ3v) is 5.33. The van der Waals surface area contributed by atoms with E-state index in [0.717, 1.165) is 38.5 Å². The van der Waals surface area contributed by atoms with Crippen LogP contribution < -0.4 is 10.6 Å². The van der Waals surface area contributed by atoms with E-state index in [1.54, 1.807) is 6.92 Å². The number of aliphatic carboxylic acids is 1. The molecule has 0 fully saturated rings. The molecule has 0 aliphatic rings. The summed E-state index contributed by atoms with van der Waals surface area (Å²) in [5.41, 5.74) is 0. The maximum absolute atomic E-state index is 11.9. The second-order valence-corrected chi connectivity index (χ2v) is 8.61. The molecule has 0 aromatic carbocycles. The number of amides is 2. The quantitative estimate of drug-likeness (QED) is 0.111. The molecule has 0 heterocycles. The summed E-state index contributed by atoms with van der Waals surface area (Å²) in [5, 5.41) is 14.5. The fraction of sp³-hybridized carbons (Fsp3) is 0.516. The lowest BCUT2D eigenvalue weighted by molar-refractivity contribution is -0.142. The van der Waals surface area contributed by atoms with Gasteiger partial charge in [-0.3, -0.25) is 9.59 Å². The molecule has 2 amide bonds. The van der Waals surface area contributed by atoms with Crippen molar-refractivity contribution in [3.63, 3.8) is 0 Å². The Kier molecular flexibility index (Phi) is 23.7. The molecule has 0 aliphatic heterocycles. The van der Waals surface area contributed by atoms with E-state index in [9.17, 15) is 14.4 Å². The van der Waals surface area contributed by atoms with Gasteiger partial charge in [-0.2, -0.15) is 0 Å². The molecule has 0 radical (unpaired) electrons. The van der Waals surface area contributed by atoms with Gasteiger partial charge in [-0.1, -0.05) is 86.8 Å². The van der Waals surface area contributed by atoms with Crippen LogP contribution in [0.1, 0.15) is 90.9 Å². The molecule has 0 rings (SSSR count). The zero-order valence-corrected chi connectivity index (χ0v) is 22.9. The summed E-state index contributed by atoms with van der Waals surface area (Å²) in [4.78, 5) is 34.4. The molecule has 0 aliphatic carbocycles. The van der Waals surface area contributed by atoms with E-state index in [2.05, 4.69) is 84.4 Å². The molecule has 6 nitrogen and oxygen atoms in total. The van der Waals surface area contributed by atoms with Crippen LogP contribution in [0, 0.1) is 0 Å². The topological polar surface area (TPSA) is 95.5 Å². The lowest BCUT2D eigenvalue weighted by Gasteiger charge is -2.13. The van der Waals surface area contributed by atoms with Crippen molar-refractivity contribution in [2.75, 3.05) is 6.54 Å².